The number of nitrogens with zero attached hydrogens (tertiary/aromatic N) is 4. The zero-order valence-corrected chi connectivity index (χ0v) is 16.9. The van der Waals surface area contributed by atoms with Gasteiger partial charge in [0.15, 0.2) is 0 Å². The molecule has 0 bridgehead atoms. The second-order valence-electron chi connectivity index (χ2n) is 7.47. The largest absolute Gasteiger partial charge is 0.497 e. The second-order valence-corrected chi connectivity index (χ2v) is 7.47. The first-order valence-electron chi connectivity index (χ1n) is 9.99. The molecule has 1 atom stereocenters. The van der Waals surface area contributed by atoms with E-state index in [1.54, 1.807) is 52.4 Å². The number of rotatable bonds is 4. The molecular weight excluding hydrogens is 384 g/mol. The van der Waals surface area contributed by atoms with Crippen LogP contribution in [0.5, 0.6) is 5.75 Å². The van der Waals surface area contributed by atoms with Crippen LogP contribution < -0.4 is 9.64 Å². The molecule has 0 N–H and O–H groups in total. The highest BCUT2D eigenvalue weighted by Gasteiger charge is 2.38. The Morgan fingerprint density at radius 1 is 1.07 bits per heavy atom. The molecule has 8 heteroatoms. The van der Waals surface area contributed by atoms with E-state index in [1.807, 2.05) is 18.2 Å². The summed E-state index contributed by atoms with van der Waals surface area (Å²) >= 11 is 0. The number of carbonyl (C=O) groups is 3. The molecule has 2 saturated heterocycles. The second kappa shape index (κ2) is 8.52. The Kier molecular flexibility index (Phi) is 5.65. The minimum Gasteiger partial charge on any atom is -0.497 e. The van der Waals surface area contributed by atoms with E-state index >= 15 is 0 Å². The van der Waals surface area contributed by atoms with Gasteiger partial charge in [-0.2, -0.15) is 0 Å². The highest BCUT2D eigenvalue weighted by molar-refractivity contribution is 6.00. The maximum absolute atomic E-state index is 13.0. The monoisotopic (exact) mass is 408 g/mol. The summed E-state index contributed by atoms with van der Waals surface area (Å²) in [5.74, 6) is 0.137. The van der Waals surface area contributed by atoms with Crippen LogP contribution in [-0.4, -0.2) is 72.3 Å². The van der Waals surface area contributed by atoms with Crippen LogP contribution in [0.4, 0.5) is 5.69 Å². The third-order valence-corrected chi connectivity index (χ3v) is 5.63. The zero-order chi connectivity index (χ0) is 21.1. The number of amides is 3. The summed E-state index contributed by atoms with van der Waals surface area (Å²) < 4.78 is 5.23. The fourth-order valence-electron chi connectivity index (χ4n) is 3.96. The van der Waals surface area contributed by atoms with Gasteiger partial charge in [-0.15, -0.1) is 0 Å². The van der Waals surface area contributed by atoms with Gasteiger partial charge in [0.25, 0.3) is 5.91 Å². The molecule has 2 fully saturated rings. The lowest BCUT2D eigenvalue weighted by molar-refractivity contribution is -0.137. The normalized spacial score (nSPS) is 19.2. The Balaban J connectivity index is 1.35. The number of carbonyl (C=O) groups excluding carboxylic acids is 3. The number of methoxy groups -OCH3 is 1. The lowest BCUT2D eigenvalue weighted by Gasteiger charge is -2.35. The van der Waals surface area contributed by atoms with Crippen LogP contribution in [-0.2, 0) is 9.59 Å². The molecular formula is C22H24N4O4. The van der Waals surface area contributed by atoms with Crippen molar-refractivity contribution in [2.75, 3.05) is 44.7 Å². The van der Waals surface area contributed by atoms with Gasteiger partial charge in [-0.1, -0.05) is 6.07 Å². The summed E-state index contributed by atoms with van der Waals surface area (Å²) in [6.45, 7) is 2.24. The molecule has 4 rings (SSSR count). The molecule has 0 saturated carbocycles. The van der Waals surface area contributed by atoms with Crippen molar-refractivity contribution < 1.29 is 19.1 Å². The molecule has 2 aliphatic rings. The first-order chi connectivity index (χ1) is 14.6. The highest BCUT2D eigenvalue weighted by atomic mass is 16.5. The van der Waals surface area contributed by atoms with Gasteiger partial charge in [-0.25, -0.2) is 0 Å². The Bertz CT molecular complexity index is 941. The average Bonchev–Trinajstić information content (AvgIpc) is 3.20. The Labute approximate surface area is 175 Å². The van der Waals surface area contributed by atoms with E-state index in [-0.39, 0.29) is 30.1 Å². The Hall–Kier alpha value is -3.42. The summed E-state index contributed by atoms with van der Waals surface area (Å²) in [6, 6.07) is 10.8. The zero-order valence-electron chi connectivity index (χ0n) is 16.9. The van der Waals surface area contributed by atoms with Crippen molar-refractivity contribution in [1.29, 1.82) is 0 Å². The van der Waals surface area contributed by atoms with Gasteiger partial charge >= 0.3 is 0 Å². The van der Waals surface area contributed by atoms with E-state index < -0.39 is 0 Å². The van der Waals surface area contributed by atoms with Crippen LogP contribution in [0, 0.1) is 5.92 Å². The SMILES string of the molecule is COc1cccc(N2C[C@@H](C(=O)N3CCN(C(=O)c4cccnc4)CC3)CC2=O)c1. The predicted molar refractivity (Wildman–Crippen MR) is 110 cm³/mol. The van der Waals surface area contributed by atoms with E-state index in [1.165, 1.54) is 0 Å². The fraction of sp³-hybridized carbons (Fsp3) is 0.364. The maximum atomic E-state index is 13.0. The summed E-state index contributed by atoms with van der Waals surface area (Å²) in [6.07, 6.45) is 3.38. The lowest BCUT2D eigenvalue weighted by atomic mass is 10.1. The standard InChI is InChI=1S/C22H24N4O4/c1-30-19-6-2-5-18(13-19)26-15-17(12-20(26)27)22(29)25-10-8-24(9-11-25)21(28)16-4-3-7-23-14-16/h2-7,13-14,17H,8-12,15H2,1H3/t17-/m0/s1. The molecule has 0 radical (unpaired) electrons. The molecule has 30 heavy (non-hydrogen) atoms. The molecule has 2 aromatic rings. The number of ether oxygens (including phenoxy) is 1. The maximum Gasteiger partial charge on any atom is 0.255 e. The van der Waals surface area contributed by atoms with Crippen LogP contribution >= 0.6 is 0 Å². The van der Waals surface area contributed by atoms with Gasteiger partial charge < -0.3 is 19.4 Å². The minimum absolute atomic E-state index is 0.0257. The summed E-state index contributed by atoms with van der Waals surface area (Å²) in [4.78, 5) is 47.2. The molecule has 156 valence electrons. The smallest absolute Gasteiger partial charge is 0.255 e. The molecule has 0 spiro atoms. The molecule has 1 aromatic carbocycles. The Morgan fingerprint density at radius 3 is 2.53 bits per heavy atom. The van der Waals surface area contributed by atoms with Crippen LogP contribution in [0.15, 0.2) is 48.8 Å². The number of benzene rings is 1. The van der Waals surface area contributed by atoms with Gasteiger partial charge in [-0.05, 0) is 24.3 Å². The minimum atomic E-state index is -0.371. The topological polar surface area (TPSA) is 83.1 Å². The number of hydrogen-bond donors (Lipinski definition) is 0. The van der Waals surface area contributed by atoms with Crippen molar-refractivity contribution in [3.05, 3.63) is 54.4 Å². The molecule has 0 unspecified atom stereocenters. The van der Waals surface area contributed by atoms with Crippen molar-refractivity contribution in [2.24, 2.45) is 5.92 Å². The molecule has 2 aliphatic heterocycles. The van der Waals surface area contributed by atoms with Crippen LogP contribution in [0.1, 0.15) is 16.8 Å². The van der Waals surface area contributed by atoms with Gasteiger partial charge in [0.1, 0.15) is 5.75 Å². The molecule has 3 heterocycles. The van der Waals surface area contributed by atoms with Crippen LogP contribution in [0.2, 0.25) is 0 Å². The van der Waals surface area contributed by atoms with E-state index in [2.05, 4.69) is 4.98 Å². The van der Waals surface area contributed by atoms with E-state index in [9.17, 15) is 14.4 Å². The fourth-order valence-corrected chi connectivity index (χ4v) is 3.96. The number of anilines is 1. The summed E-state index contributed by atoms with van der Waals surface area (Å²) in [5.41, 5.74) is 1.29. The number of aromatic nitrogens is 1. The average molecular weight is 408 g/mol. The highest BCUT2D eigenvalue weighted by Crippen LogP contribution is 2.29. The van der Waals surface area contributed by atoms with Crippen molar-refractivity contribution in [3.8, 4) is 5.75 Å². The van der Waals surface area contributed by atoms with Crippen molar-refractivity contribution in [2.45, 2.75) is 6.42 Å². The summed E-state index contributed by atoms with van der Waals surface area (Å²) in [5, 5.41) is 0. The number of piperazine rings is 1. The number of pyridine rings is 1. The van der Waals surface area contributed by atoms with Gasteiger partial charge in [0.05, 0.1) is 18.6 Å². The molecule has 0 aliphatic carbocycles. The Morgan fingerprint density at radius 2 is 1.83 bits per heavy atom. The summed E-state index contributed by atoms with van der Waals surface area (Å²) in [7, 11) is 1.58. The van der Waals surface area contributed by atoms with E-state index in [0.717, 1.165) is 5.69 Å². The lowest BCUT2D eigenvalue weighted by Crippen LogP contribution is -2.52. The van der Waals surface area contributed by atoms with E-state index in [0.29, 0.717) is 44.0 Å². The molecule has 3 amide bonds. The van der Waals surface area contributed by atoms with Gasteiger partial charge in [0.2, 0.25) is 11.8 Å². The van der Waals surface area contributed by atoms with Gasteiger partial charge in [0, 0.05) is 63.3 Å². The van der Waals surface area contributed by atoms with Crippen molar-refractivity contribution in [3.63, 3.8) is 0 Å². The predicted octanol–water partition coefficient (Wildman–Crippen LogP) is 1.43. The first kappa shape index (κ1) is 19.9. The quantitative estimate of drug-likeness (QED) is 0.764. The van der Waals surface area contributed by atoms with Crippen LogP contribution in [0.25, 0.3) is 0 Å². The van der Waals surface area contributed by atoms with Gasteiger partial charge in [-0.3, -0.25) is 19.4 Å². The molecule has 8 nitrogen and oxygen atoms in total. The number of hydrogen-bond acceptors (Lipinski definition) is 5. The third kappa shape index (κ3) is 3.98. The van der Waals surface area contributed by atoms with E-state index in [4.69, 9.17) is 4.74 Å². The third-order valence-electron chi connectivity index (χ3n) is 5.63. The van der Waals surface area contributed by atoms with Crippen molar-refractivity contribution >= 4 is 23.4 Å². The molecule has 1 aromatic heterocycles. The van der Waals surface area contributed by atoms with Crippen LogP contribution in [0.3, 0.4) is 0 Å². The van der Waals surface area contributed by atoms with Crippen molar-refractivity contribution in [1.82, 2.24) is 14.8 Å². The first-order valence-corrected chi connectivity index (χ1v) is 9.99.